The van der Waals surface area contributed by atoms with Crippen molar-refractivity contribution in [3.8, 4) is 5.75 Å². The van der Waals surface area contributed by atoms with Crippen molar-refractivity contribution in [2.75, 3.05) is 13.1 Å². The number of amides is 1. The van der Waals surface area contributed by atoms with E-state index in [1.165, 1.54) is 12.1 Å². The lowest BCUT2D eigenvalue weighted by molar-refractivity contribution is -0.120. The third-order valence-electron chi connectivity index (χ3n) is 3.20. The molecule has 0 saturated heterocycles. The summed E-state index contributed by atoms with van der Waals surface area (Å²) in [5.74, 6) is 0.166. The zero-order chi connectivity index (χ0) is 16.4. The van der Waals surface area contributed by atoms with Gasteiger partial charge in [-0.3, -0.25) is 4.79 Å². The maximum Gasteiger partial charge on any atom is 0.387 e. The maximum absolute atomic E-state index is 12.0. The van der Waals surface area contributed by atoms with Crippen molar-refractivity contribution in [1.29, 1.82) is 0 Å². The van der Waals surface area contributed by atoms with Gasteiger partial charge in [0, 0.05) is 12.6 Å². The SMILES string of the molecule is CCCNC(=O)CNC(C)CCc1ccc(OC(F)F)cc1. The molecule has 1 unspecified atom stereocenters. The van der Waals surface area contributed by atoms with Crippen LogP contribution in [0, 0.1) is 0 Å². The zero-order valence-electron chi connectivity index (χ0n) is 13.1. The maximum atomic E-state index is 12.0. The molecule has 1 amide bonds. The molecule has 1 rings (SSSR count). The minimum Gasteiger partial charge on any atom is -0.435 e. The summed E-state index contributed by atoms with van der Waals surface area (Å²) in [4.78, 5) is 11.5. The Labute approximate surface area is 130 Å². The number of carbonyl (C=O) groups is 1. The third kappa shape index (κ3) is 7.93. The summed E-state index contributed by atoms with van der Waals surface area (Å²) < 4.78 is 28.4. The van der Waals surface area contributed by atoms with Crippen LogP contribution in [0.1, 0.15) is 32.3 Å². The van der Waals surface area contributed by atoms with E-state index in [1.54, 1.807) is 12.1 Å². The van der Waals surface area contributed by atoms with E-state index in [0.29, 0.717) is 13.1 Å². The van der Waals surface area contributed by atoms with Gasteiger partial charge in [0.2, 0.25) is 5.91 Å². The number of benzene rings is 1. The molecule has 22 heavy (non-hydrogen) atoms. The molecule has 0 spiro atoms. The van der Waals surface area contributed by atoms with Gasteiger partial charge in [-0.25, -0.2) is 0 Å². The van der Waals surface area contributed by atoms with Crippen LogP contribution in [0.15, 0.2) is 24.3 Å². The van der Waals surface area contributed by atoms with Gasteiger partial charge in [-0.05, 0) is 43.9 Å². The normalized spacial score (nSPS) is 12.2. The first-order chi connectivity index (χ1) is 10.5. The minimum atomic E-state index is -2.80. The Bertz CT molecular complexity index is 438. The Morgan fingerprint density at radius 1 is 1.27 bits per heavy atom. The summed E-state index contributed by atoms with van der Waals surface area (Å²) in [6, 6.07) is 6.83. The Hall–Kier alpha value is -1.69. The predicted molar refractivity (Wildman–Crippen MR) is 82.2 cm³/mol. The number of alkyl halides is 2. The monoisotopic (exact) mass is 314 g/mol. The summed E-state index contributed by atoms with van der Waals surface area (Å²) >= 11 is 0. The van der Waals surface area contributed by atoms with Crippen molar-refractivity contribution in [3.63, 3.8) is 0 Å². The first kappa shape index (κ1) is 18.4. The van der Waals surface area contributed by atoms with Gasteiger partial charge in [-0.1, -0.05) is 19.1 Å². The highest BCUT2D eigenvalue weighted by Gasteiger charge is 2.07. The summed E-state index contributed by atoms with van der Waals surface area (Å²) in [7, 11) is 0. The van der Waals surface area contributed by atoms with E-state index in [-0.39, 0.29) is 17.7 Å². The number of carbonyl (C=O) groups excluding carboxylic acids is 1. The highest BCUT2D eigenvalue weighted by Crippen LogP contribution is 2.16. The van der Waals surface area contributed by atoms with E-state index in [4.69, 9.17) is 0 Å². The van der Waals surface area contributed by atoms with Crippen molar-refractivity contribution in [2.45, 2.75) is 45.8 Å². The number of ether oxygens (including phenoxy) is 1. The second-order valence-electron chi connectivity index (χ2n) is 5.19. The largest absolute Gasteiger partial charge is 0.435 e. The van der Waals surface area contributed by atoms with E-state index in [2.05, 4.69) is 15.4 Å². The van der Waals surface area contributed by atoms with Crippen molar-refractivity contribution >= 4 is 5.91 Å². The molecule has 0 heterocycles. The molecule has 6 heteroatoms. The number of hydrogen-bond acceptors (Lipinski definition) is 3. The molecule has 1 aromatic carbocycles. The summed E-state index contributed by atoms with van der Waals surface area (Å²) in [6.45, 7) is 2.23. The van der Waals surface area contributed by atoms with Gasteiger partial charge in [-0.2, -0.15) is 8.78 Å². The fourth-order valence-corrected chi connectivity index (χ4v) is 1.92. The smallest absolute Gasteiger partial charge is 0.387 e. The van der Waals surface area contributed by atoms with Gasteiger partial charge in [0.05, 0.1) is 6.54 Å². The van der Waals surface area contributed by atoms with E-state index in [9.17, 15) is 13.6 Å². The second kappa shape index (κ2) is 10.1. The first-order valence-electron chi connectivity index (χ1n) is 7.55. The van der Waals surface area contributed by atoms with Crippen LogP contribution >= 0.6 is 0 Å². The molecule has 0 aliphatic rings. The quantitative estimate of drug-likeness (QED) is 0.698. The Balaban J connectivity index is 2.25. The van der Waals surface area contributed by atoms with Gasteiger partial charge >= 0.3 is 6.61 Å². The highest BCUT2D eigenvalue weighted by molar-refractivity contribution is 5.77. The number of hydrogen-bond donors (Lipinski definition) is 2. The lowest BCUT2D eigenvalue weighted by Gasteiger charge is -2.14. The molecule has 2 N–H and O–H groups in total. The average molecular weight is 314 g/mol. The lowest BCUT2D eigenvalue weighted by Crippen LogP contribution is -2.38. The van der Waals surface area contributed by atoms with Crippen LogP contribution in [0.25, 0.3) is 0 Å². The van der Waals surface area contributed by atoms with Crippen LogP contribution in [-0.4, -0.2) is 31.7 Å². The van der Waals surface area contributed by atoms with Crippen LogP contribution in [0.2, 0.25) is 0 Å². The molecule has 0 aliphatic carbocycles. The van der Waals surface area contributed by atoms with Crippen LogP contribution in [0.5, 0.6) is 5.75 Å². The first-order valence-corrected chi connectivity index (χ1v) is 7.55. The number of nitrogens with one attached hydrogen (secondary N) is 2. The molecular formula is C16H24F2N2O2. The van der Waals surface area contributed by atoms with E-state index >= 15 is 0 Å². The van der Waals surface area contributed by atoms with Gasteiger partial charge in [0.15, 0.2) is 0 Å². The van der Waals surface area contributed by atoms with Gasteiger partial charge < -0.3 is 15.4 Å². The van der Waals surface area contributed by atoms with Crippen LogP contribution in [0.3, 0.4) is 0 Å². The van der Waals surface area contributed by atoms with Gasteiger partial charge in [0.25, 0.3) is 0 Å². The molecule has 0 bridgehead atoms. The molecule has 4 nitrogen and oxygen atoms in total. The second-order valence-corrected chi connectivity index (χ2v) is 5.19. The Morgan fingerprint density at radius 3 is 2.55 bits per heavy atom. The van der Waals surface area contributed by atoms with Crippen molar-refractivity contribution in [3.05, 3.63) is 29.8 Å². The third-order valence-corrected chi connectivity index (χ3v) is 3.20. The van der Waals surface area contributed by atoms with Gasteiger partial charge in [-0.15, -0.1) is 0 Å². The minimum absolute atomic E-state index is 0.00204. The van der Waals surface area contributed by atoms with Crippen molar-refractivity contribution in [1.82, 2.24) is 10.6 Å². The summed E-state index contributed by atoms with van der Waals surface area (Å²) in [6.07, 6.45) is 2.59. The molecule has 0 aromatic heterocycles. The topological polar surface area (TPSA) is 50.4 Å². The average Bonchev–Trinajstić information content (AvgIpc) is 2.49. The van der Waals surface area contributed by atoms with E-state index < -0.39 is 6.61 Å². The number of halogens is 2. The standard InChI is InChI=1S/C16H24F2N2O2/c1-3-10-19-15(21)11-20-12(2)4-5-13-6-8-14(9-7-13)22-16(17)18/h6-9,12,16,20H,3-5,10-11H2,1-2H3,(H,19,21). The molecule has 0 saturated carbocycles. The zero-order valence-corrected chi connectivity index (χ0v) is 13.1. The predicted octanol–water partition coefficient (Wildman–Crippen LogP) is 2.72. The summed E-state index contributed by atoms with van der Waals surface area (Å²) in [5, 5.41) is 5.97. The molecular weight excluding hydrogens is 290 g/mol. The van der Waals surface area contributed by atoms with Crippen molar-refractivity contribution in [2.24, 2.45) is 0 Å². The van der Waals surface area contributed by atoms with Crippen LogP contribution in [0.4, 0.5) is 8.78 Å². The Morgan fingerprint density at radius 2 is 1.95 bits per heavy atom. The molecule has 124 valence electrons. The lowest BCUT2D eigenvalue weighted by atomic mass is 10.1. The molecule has 1 aromatic rings. The highest BCUT2D eigenvalue weighted by atomic mass is 19.3. The number of rotatable bonds is 10. The van der Waals surface area contributed by atoms with E-state index in [0.717, 1.165) is 24.8 Å². The van der Waals surface area contributed by atoms with Crippen LogP contribution < -0.4 is 15.4 Å². The molecule has 1 atom stereocenters. The van der Waals surface area contributed by atoms with Crippen molar-refractivity contribution < 1.29 is 18.3 Å². The molecule has 0 radical (unpaired) electrons. The number of aryl methyl sites for hydroxylation is 1. The molecule has 0 fully saturated rings. The van der Waals surface area contributed by atoms with Gasteiger partial charge in [0.1, 0.15) is 5.75 Å². The molecule has 0 aliphatic heterocycles. The summed E-state index contributed by atoms with van der Waals surface area (Å²) in [5.41, 5.74) is 1.05. The fourth-order valence-electron chi connectivity index (χ4n) is 1.92. The van der Waals surface area contributed by atoms with E-state index in [1.807, 2.05) is 13.8 Å². The Kier molecular flexibility index (Phi) is 8.43. The fraction of sp³-hybridized carbons (Fsp3) is 0.562. The van der Waals surface area contributed by atoms with Crippen LogP contribution in [-0.2, 0) is 11.2 Å².